The lowest BCUT2D eigenvalue weighted by molar-refractivity contribution is 0.282. The Bertz CT molecular complexity index is 630. The molecule has 0 saturated heterocycles. The number of fused-ring (bicyclic) bond motifs is 1. The number of nitrogens with one attached hydrogen (secondary N) is 1. The second kappa shape index (κ2) is 5.12. The number of aromatic amines is 1. The number of H-pyrrole nitrogens is 1. The fraction of sp³-hybridized carbons (Fsp3) is 0.714. The topological polar surface area (TPSA) is 38.5 Å². The van der Waals surface area contributed by atoms with E-state index in [1.807, 2.05) is 11.7 Å². The highest BCUT2D eigenvalue weighted by Gasteiger charge is 2.19. The number of hydrogen-bond donors (Lipinski definition) is 1. The van der Waals surface area contributed by atoms with Crippen molar-refractivity contribution in [3.8, 4) is 0 Å². The highest BCUT2D eigenvalue weighted by Crippen LogP contribution is 2.30. The van der Waals surface area contributed by atoms with Gasteiger partial charge in [-0.3, -0.25) is 4.68 Å². The smallest absolute Gasteiger partial charge is 0.179 e. The molecule has 0 radical (unpaired) electrons. The van der Waals surface area contributed by atoms with Gasteiger partial charge in [0, 0.05) is 13.6 Å². The maximum absolute atomic E-state index is 5.48. The molecular formula is C14H22N4S. The largest absolute Gasteiger partial charge is 0.328 e. The van der Waals surface area contributed by atoms with Gasteiger partial charge in [-0.15, -0.1) is 0 Å². The number of aromatic nitrogens is 4. The van der Waals surface area contributed by atoms with Gasteiger partial charge < -0.3 is 9.55 Å². The van der Waals surface area contributed by atoms with Crippen LogP contribution in [-0.2, 0) is 20.0 Å². The minimum Gasteiger partial charge on any atom is -0.328 e. The van der Waals surface area contributed by atoms with E-state index in [1.165, 1.54) is 25.7 Å². The van der Waals surface area contributed by atoms with Crippen molar-refractivity contribution < 1.29 is 0 Å². The number of hydrogen-bond acceptors (Lipinski definition) is 2. The molecule has 1 N–H and O–H groups in total. The first kappa shape index (κ1) is 12.9. The minimum atomic E-state index is 0.847. The van der Waals surface area contributed by atoms with E-state index in [2.05, 4.69) is 21.6 Å². The molecule has 2 aromatic rings. The van der Waals surface area contributed by atoms with Crippen LogP contribution in [0, 0.1) is 10.7 Å². The lowest BCUT2D eigenvalue weighted by Gasteiger charge is -2.25. The molecule has 1 aliphatic carbocycles. The molecule has 0 bridgehead atoms. The van der Waals surface area contributed by atoms with Crippen LogP contribution in [0.5, 0.6) is 0 Å². The highest BCUT2D eigenvalue weighted by atomic mass is 32.1. The molecule has 19 heavy (non-hydrogen) atoms. The predicted octanol–water partition coefficient (Wildman–Crippen LogP) is 3.58. The molecule has 1 aliphatic rings. The molecule has 0 aromatic carbocycles. The lowest BCUT2D eigenvalue weighted by Crippen LogP contribution is -2.14. The molecule has 2 aromatic heterocycles. The molecule has 104 valence electrons. The zero-order valence-corrected chi connectivity index (χ0v) is 12.6. The van der Waals surface area contributed by atoms with E-state index in [1.54, 1.807) is 0 Å². The SMILES string of the molecule is CCCc1nn(C)c2c1[nH]c(=S)n2CCC1CCC1. The van der Waals surface area contributed by atoms with Crippen LogP contribution in [0.1, 0.15) is 44.7 Å². The summed E-state index contributed by atoms with van der Waals surface area (Å²) in [5.41, 5.74) is 3.45. The van der Waals surface area contributed by atoms with Crippen LogP contribution in [0.2, 0.25) is 0 Å². The Morgan fingerprint density at radius 1 is 1.42 bits per heavy atom. The Labute approximate surface area is 118 Å². The maximum Gasteiger partial charge on any atom is 0.179 e. The average Bonchev–Trinajstić information content (AvgIpc) is 2.78. The molecule has 0 aliphatic heterocycles. The zero-order valence-electron chi connectivity index (χ0n) is 11.8. The molecule has 1 saturated carbocycles. The summed E-state index contributed by atoms with van der Waals surface area (Å²) in [7, 11) is 2.02. The summed E-state index contributed by atoms with van der Waals surface area (Å²) in [4.78, 5) is 3.36. The first-order valence-electron chi connectivity index (χ1n) is 7.35. The van der Waals surface area contributed by atoms with Crippen LogP contribution >= 0.6 is 12.2 Å². The van der Waals surface area contributed by atoms with E-state index >= 15 is 0 Å². The van der Waals surface area contributed by atoms with E-state index in [4.69, 9.17) is 12.2 Å². The van der Waals surface area contributed by atoms with Gasteiger partial charge in [-0.1, -0.05) is 32.6 Å². The number of imidazole rings is 1. The molecule has 0 unspecified atom stereocenters. The molecule has 5 heteroatoms. The van der Waals surface area contributed by atoms with Crippen LogP contribution in [-0.4, -0.2) is 19.3 Å². The molecule has 4 nitrogen and oxygen atoms in total. The summed E-state index contributed by atoms with van der Waals surface area (Å²) < 4.78 is 5.06. The van der Waals surface area contributed by atoms with Crippen LogP contribution in [0.4, 0.5) is 0 Å². The van der Waals surface area contributed by atoms with Crippen molar-refractivity contribution in [1.29, 1.82) is 0 Å². The first-order chi connectivity index (χ1) is 9.20. The van der Waals surface area contributed by atoms with Crippen molar-refractivity contribution in [1.82, 2.24) is 19.3 Å². The van der Waals surface area contributed by atoms with Crippen molar-refractivity contribution >= 4 is 23.4 Å². The van der Waals surface area contributed by atoms with E-state index in [0.29, 0.717) is 0 Å². The van der Waals surface area contributed by atoms with E-state index in [0.717, 1.165) is 46.9 Å². The molecule has 2 heterocycles. The summed E-state index contributed by atoms with van der Waals surface area (Å²) in [6.45, 7) is 3.21. The van der Waals surface area contributed by atoms with Gasteiger partial charge in [-0.25, -0.2) is 0 Å². The second-order valence-corrected chi connectivity index (χ2v) is 6.07. The van der Waals surface area contributed by atoms with Crippen molar-refractivity contribution in [2.75, 3.05) is 0 Å². The molecule has 0 amide bonds. The van der Waals surface area contributed by atoms with E-state index in [-0.39, 0.29) is 0 Å². The molecule has 0 spiro atoms. The Morgan fingerprint density at radius 3 is 2.84 bits per heavy atom. The average molecular weight is 278 g/mol. The fourth-order valence-electron chi connectivity index (χ4n) is 2.99. The second-order valence-electron chi connectivity index (χ2n) is 5.69. The fourth-order valence-corrected chi connectivity index (χ4v) is 3.27. The van der Waals surface area contributed by atoms with E-state index < -0.39 is 0 Å². The highest BCUT2D eigenvalue weighted by molar-refractivity contribution is 7.71. The molecule has 3 rings (SSSR count). The Kier molecular flexibility index (Phi) is 3.48. The summed E-state index contributed by atoms with van der Waals surface area (Å²) in [6.07, 6.45) is 7.57. The summed E-state index contributed by atoms with van der Waals surface area (Å²) in [5.74, 6) is 0.912. The van der Waals surface area contributed by atoms with Crippen molar-refractivity contribution in [2.24, 2.45) is 13.0 Å². The van der Waals surface area contributed by atoms with Gasteiger partial charge in [0.2, 0.25) is 0 Å². The van der Waals surface area contributed by atoms with Crippen LogP contribution in [0.3, 0.4) is 0 Å². The Morgan fingerprint density at radius 2 is 2.21 bits per heavy atom. The van der Waals surface area contributed by atoms with Gasteiger partial charge >= 0.3 is 0 Å². The Hall–Kier alpha value is -1.10. The minimum absolute atomic E-state index is 0.847. The third-order valence-corrected chi connectivity index (χ3v) is 4.62. The monoisotopic (exact) mass is 278 g/mol. The standard InChI is InChI=1S/C14H22N4S/c1-3-5-11-12-13(17(2)16-11)18(14(19)15-12)9-8-10-6-4-7-10/h10H,3-9H2,1-2H3,(H,15,19). The van der Waals surface area contributed by atoms with Gasteiger partial charge in [0.25, 0.3) is 0 Å². The maximum atomic E-state index is 5.48. The summed E-state index contributed by atoms with van der Waals surface area (Å²) in [6, 6.07) is 0. The van der Waals surface area contributed by atoms with E-state index in [9.17, 15) is 0 Å². The normalized spacial score (nSPS) is 16.1. The lowest BCUT2D eigenvalue weighted by atomic mass is 9.83. The molecule has 0 atom stereocenters. The third kappa shape index (κ3) is 2.24. The first-order valence-corrected chi connectivity index (χ1v) is 7.76. The van der Waals surface area contributed by atoms with Crippen LogP contribution < -0.4 is 0 Å². The van der Waals surface area contributed by atoms with Gasteiger partial charge in [-0.2, -0.15) is 5.10 Å². The Balaban J connectivity index is 1.93. The number of aryl methyl sites for hydroxylation is 3. The van der Waals surface area contributed by atoms with Gasteiger partial charge in [0.05, 0.1) is 5.69 Å². The van der Waals surface area contributed by atoms with Gasteiger partial charge in [0.1, 0.15) is 5.52 Å². The van der Waals surface area contributed by atoms with Crippen molar-refractivity contribution in [2.45, 2.75) is 52.0 Å². The third-order valence-electron chi connectivity index (χ3n) is 4.29. The van der Waals surface area contributed by atoms with Gasteiger partial charge in [0.15, 0.2) is 10.4 Å². The number of rotatable bonds is 5. The summed E-state index contributed by atoms with van der Waals surface area (Å²) >= 11 is 5.48. The zero-order chi connectivity index (χ0) is 13.4. The quantitative estimate of drug-likeness (QED) is 0.849. The number of nitrogens with zero attached hydrogens (tertiary/aromatic N) is 3. The van der Waals surface area contributed by atoms with Crippen molar-refractivity contribution in [3.05, 3.63) is 10.5 Å². The van der Waals surface area contributed by atoms with Crippen molar-refractivity contribution in [3.63, 3.8) is 0 Å². The molecular weight excluding hydrogens is 256 g/mol. The van der Waals surface area contributed by atoms with Gasteiger partial charge in [-0.05, 0) is 31.0 Å². The predicted molar refractivity (Wildman–Crippen MR) is 79.8 cm³/mol. The summed E-state index contributed by atoms with van der Waals surface area (Å²) in [5, 5.41) is 4.62. The molecule has 1 fully saturated rings. The van der Waals surface area contributed by atoms with Crippen LogP contribution in [0.25, 0.3) is 11.2 Å². The van der Waals surface area contributed by atoms with Crippen LogP contribution in [0.15, 0.2) is 0 Å².